The normalized spacial score (nSPS) is 12.5. The van der Waals surface area contributed by atoms with Gasteiger partial charge in [-0.15, -0.1) is 0 Å². The Morgan fingerprint density at radius 3 is 2.48 bits per heavy atom. The molecule has 0 fully saturated rings. The van der Waals surface area contributed by atoms with Crippen LogP contribution in [0.15, 0.2) is 18.2 Å². The van der Waals surface area contributed by atoms with Gasteiger partial charge in [0.15, 0.2) is 11.5 Å². The van der Waals surface area contributed by atoms with E-state index in [0.29, 0.717) is 5.56 Å². The summed E-state index contributed by atoms with van der Waals surface area (Å²) in [4.78, 5) is 39.6. The predicted octanol–water partition coefficient (Wildman–Crippen LogP) is -0.110. The van der Waals surface area contributed by atoms with E-state index in [1.54, 1.807) is 6.92 Å². The maximum Gasteiger partial charge on any atom is 0.524 e. The Morgan fingerprint density at radius 2 is 2.00 bits per heavy atom. The number of amides is 1. The lowest BCUT2D eigenvalue weighted by Crippen LogP contribution is -2.49. The molecule has 0 bridgehead atoms. The molecule has 1 unspecified atom stereocenters. The van der Waals surface area contributed by atoms with E-state index in [4.69, 9.17) is 14.9 Å². The number of aliphatic carboxylic acids is 1. The Morgan fingerprint density at radius 1 is 1.35 bits per heavy atom. The number of phenolic OH excluding ortho intramolecular Hbond substituents is 1. The lowest BCUT2D eigenvalue weighted by Gasteiger charge is -2.16. The van der Waals surface area contributed by atoms with E-state index in [9.17, 15) is 19.3 Å². The van der Waals surface area contributed by atoms with Crippen molar-refractivity contribution in [2.75, 3.05) is 0 Å². The molecule has 6 N–H and O–H groups in total. The van der Waals surface area contributed by atoms with E-state index < -0.39 is 31.3 Å². The van der Waals surface area contributed by atoms with Crippen LogP contribution in [0.2, 0.25) is 0 Å². The summed E-state index contributed by atoms with van der Waals surface area (Å²) in [6.07, 6.45) is 0.0810. The number of carboxylic acids is 1. The number of hydrogen-bond acceptors (Lipinski definition) is 6. The molecule has 0 radical (unpaired) electrons. The van der Waals surface area contributed by atoms with Gasteiger partial charge in [-0.3, -0.25) is 24.8 Å². The van der Waals surface area contributed by atoms with Crippen LogP contribution in [0.25, 0.3) is 0 Å². The summed E-state index contributed by atoms with van der Waals surface area (Å²) in [5.74, 6) is -2.59. The zero-order valence-electron chi connectivity index (χ0n) is 12.1. The Labute approximate surface area is 131 Å². The molecule has 1 amide bonds. The molecule has 0 saturated carbocycles. The minimum atomic E-state index is -4.81. The third-order valence-corrected chi connectivity index (χ3v) is 3.12. The monoisotopic (exact) mass is 348 g/mol. The van der Waals surface area contributed by atoms with Crippen molar-refractivity contribution < 1.29 is 38.7 Å². The van der Waals surface area contributed by atoms with Crippen molar-refractivity contribution in [3.8, 4) is 11.5 Å². The second-order valence-corrected chi connectivity index (χ2v) is 5.69. The van der Waals surface area contributed by atoms with Crippen LogP contribution in [0.5, 0.6) is 11.5 Å². The van der Waals surface area contributed by atoms with Crippen LogP contribution >= 0.6 is 7.82 Å². The first-order valence-electron chi connectivity index (χ1n) is 6.46. The average Bonchev–Trinajstić information content (AvgIpc) is 2.44. The smallest absolute Gasteiger partial charge is 0.504 e. The summed E-state index contributed by atoms with van der Waals surface area (Å²) in [5.41, 5.74) is 4.94. The van der Waals surface area contributed by atoms with Crippen LogP contribution in [0.4, 0.5) is 0 Å². The van der Waals surface area contributed by atoms with E-state index >= 15 is 0 Å². The van der Waals surface area contributed by atoms with E-state index in [1.165, 1.54) is 6.07 Å². The third kappa shape index (κ3) is 6.66. The SMILES string of the molecule is CCC(=O)NNC(Cc1ccc(OP(=O)(O)O)c(O)c1)C(=O)O. The fraction of sp³-hybridized carbons (Fsp3) is 0.333. The van der Waals surface area contributed by atoms with Gasteiger partial charge in [-0.25, -0.2) is 9.99 Å². The first-order chi connectivity index (χ1) is 10.6. The van der Waals surface area contributed by atoms with Crippen LogP contribution < -0.4 is 15.4 Å². The van der Waals surface area contributed by atoms with Gasteiger partial charge in [-0.1, -0.05) is 13.0 Å². The number of benzene rings is 1. The molecule has 0 saturated heterocycles. The standard InChI is InChI=1S/C12H17N2O8P/c1-2-11(16)14-13-8(12(17)18)5-7-3-4-10(9(15)6-7)22-23(19,20)21/h3-4,6,8,13,15H,2,5H2,1H3,(H,14,16)(H,17,18)(H2,19,20,21). The number of phosphoric acid groups is 1. The first kappa shape index (κ1) is 18.9. The van der Waals surface area contributed by atoms with Gasteiger partial charge in [-0.05, 0) is 17.7 Å². The molecule has 10 nitrogen and oxygen atoms in total. The number of hydrazine groups is 1. The lowest BCUT2D eigenvalue weighted by atomic mass is 10.1. The van der Waals surface area contributed by atoms with Crippen molar-refractivity contribution in [2.45, 2.75) is 25.8 Å². The Kier molecular flexibility index (Phi) is 6.52. The molecule has 0 heterocycles. The lowest BCUT2D eigenvalue weighted by molar-refractivity contribution is -0.140. The summed E-state index contributed by atoms with van der Waals surface area (Å²) in [5, 5.41) is 18.7. The number of phosphoric ester groups is 1. The molecule has 0 spiro atoms. The fourth-order valence-electron chi connectivity index (χ4n) is 1.59. The predicted molar refractivity (Wildman–Crippen MR) is 77.5 cm³/mol. The highest BCUT2D eigenvalue weighted by Gasteiger charge is 2.21. The zero-order valence-corrected chi connectivity index (χ0v) is 13.0. The summed E-state index contributed by atoms with van der Waals surface area (Å²) >= 11 is 0. The van der Waals surface area contributed by atoms with Gasteiger partial charge in [-0.2, -0.15) is 0 Å². The van der Waals surface area contributed by atoms with Crippen molar-refractivity contribution in [3.05, 3.63) is 23.8 Å². The average molecular weight is 348 g/mol. The Bertz CT molecular complexity index is 629. The van der Waals surface area contributed by atoms with Crippen LogP contribution in [0.3, 0.4) is 0 Å². The van der Waals surface area contributed by atoms with Crippen LogP contribution in [-0.2, 0) is 20.6 Å². The van der Waals surface area contributed by atoms with Crippen molar-refractivity contribution in [1.29, 1.82) is 0 Å². The van der Waals surface area contributed by atoms with Crippen LogP contribution in [0, 0.1) is 0 Å². The van der Waals surface area contributed by atoms with Crippen molar-refractivity contribution in [2.24, 2.45) is 0 Å². The highest BCUT2D eigenvalue weighted by Crippen LogP contribution is 2.41. The van der Waals surface area contributed by atoms with Gasteiger partial charge in [0.2, 0.25) is 5.91 Å². The fourth-order valence-corrected chi connectivity index (χ4v) is 2.00. The summed E-state index contributed by atoms with van der Waals surface area (Å²) < 4.78 is 15.0. The minimum Gasteiger partial charge on any atom is -0.504 e. The second kappa shape index (κ2) is 7.93. The molecule has 1 rings (SSSR count). The second-order valence-electron chi connectivity index (χ2n) is 4.52. The number of rotatable bonds is 8. The minimum absolute atomic E-state index is 0.0942. The summed E-state index contributed by atoms with van der Waals surface area (Å²) in [7, 11) is -4.81. The highest BCUT2D eigenvalue weighted by atomic mass is 31.2. The van der Waals surface area contributed by atoms with E-state index in [-0.39, 0.29) is 18.7 Å². The summed E-state index contributed by atoms with van der Waals surface area (Å²) in [6.45, 7) is 1.60. The van der Waals surface area contributed by atoms with Crippen molar-refractivity contribution in [3.63, 3.8) is 0 Å². The number of aromatic hydroxyl groups is 1. The van der Waals surface area contributed by atoms with Gasteiger partial charge >= 0.3 is 13.8 Å². The molecule has 1 atom stereocenters. The van der Waals surface area contributed by atoms with Gasteiger partial charge in [0.1, 0.15) is 6.04 Å². The van der Waals surface area contributed by atoms with Gasteiger partial charge in [0.25, 0.3) is 0 Å². The Hall–Kier alpha value is -2.13. The molecular formula is C12H17N2O8P. The number of carboxylic acid groups (broad SMARTS) is 1. The molecule has 128 valence electrons. The van der Waals surface area contributed by atoms with Gasteiger partial charge in [0.05, 0.1) is 0 Å². The van der Waals surface area contributed by atoms with Crippen molar-refractivity contribution in [1.82, 2.24) is 10.9 Å². The molecule has 1 aromatic carbocycles. The largest absolute Gasteiger partial charge is 0.524 e. The number of nitrogens with one attached hydrogen (secondary N) is 2. The molecular weight excluding hydrogens is 331 g/mol. The number of carbonyl (C=O) groups is 2. The highest BCUT2D eigenvalue weighted by molar-refractivity contribution is 7.46. The molecule has 1 aromatic rings. The molecule has 23 heavy (non-hydrogen) atoms. The summed E-state index contributed by atoms with van der Waals surface area (Å²) in [6, 6.07) is 2.40. The molecule has 0 aliphatic rings. The van der Waals surface area contributed by atoms with Crippen LogP contribution in [-0.4, -0.2) is 37.9 Å². The zero-order chi connectivity index (χ0) is 17.6. The maximum absolute atomic E-state index is 11.1. The third-order valence-electron chi connectivity index (χ3n) is 2.69. The molecule has 0 aliphatic carbocycles. The number of hydrogen-bond donors (Lipinski definition) is 6. The maximum atomic E-state index is 11.1. The molecule has 11 heteroatoms. The van der Waals surface area contributed by atoms with Gasteiger partial charge < -0.3 is 14.7 Å². The van der Waals surface area contributed by atoms with E-state index in [1.807, 2.05) is 0 Å². The topological polar surface area (TPSA) is 165 Å². The first-order valence-corrected chi connectivity index (χ1v) is 7.99. The van der Waals surface area contributed by atoms with Gasteiger partial charge in [0, 0.05) is 12.8 Å². The Balaban J connectivity index is 2.81. The quantitative estimate of drug-likeness (QED) is 0.277. The van der Waals surface area contributed by atoms with Crippen LogP contribution in [0.1, 0.15) is 18.9 Å². The molecule has 0 aliphatic heterocycles. The van der Waals surface area contributed by atoms with E-state index in [2.05, 4.69) is 15.4 Å². The van der Waals surface area contributed by atoms with Crippen molar-refractivity contribution >= 4 is 19.7 Å². The van der Waals surface area contributed by atoms with E-state index in [0.717, 1.165) is 12.1 Å². The number of carbonyl (C=O) groups excluding carboxylic acids is 1. The number of phenols is 1. The molecule has 0 aromatic heterocycles.